The Bertz CT molecular complexity index is 1050. The minimum absolute atomic E-state index is 0.0553. The van der Waals surface area contributed by atoms with E-state index in [9.17, 15) is 27.3 Å². The average Bonchev–Trinajstić information content (AvgIpc) is 3.00. The number of carbonyl (C=O) groups excluding carboxylic acids is 2. The summed E-state index contributed by atoms with van der Waals surface area (Å²) in [5, 5.41) is 3.28. The number of aromatic nitrogens is 2. The zero-order valence-corrected chi connectivity index (χ0v) is 18.2. The summed E-state index contributed by atoms with van der Waals surface area (Å²) in [4.78, 5) is 27.0. The number of rotatable bonds is 5. The molecule has 2 aromatic rings. The van der Waals surface area contributed by atoms with Crippen LogP contribution in [0.15, 0.2) is 26.4 Å². The number of hydrogen-bond acceptors (Lipinski definition) is 7. The summed E-state index contributed by atoms with van der Waals surface area (Å²) in [6.45, 7) is 4.47. The fraction of sp³-hybridized carbons (Fsp3) is 0.412. The highest BCUT2D eigenvalue weighted by molar-refractivity contribution is 7.90. The van der Waals surface area contributed by atoms with Gasteiger partial charge in [-0.05, 0) is 37.2 Å². The molecule has 0 spiro atoms. The molecule has 31 heavy (non-hydrogen) atoms. The van der Waals surface area contributed by atoms with Gasteiger partial charge in [-0.1, -0.05) is 11.6 Å². The Labute approximate surface area is 182 Å². The number of halogens is 4. The molecule has 9 nitrogen and oxygen atoms in total. The lowest BCUT2D eigenvalue weighted by Gasteiger charge is -2.15. The van der Waals surface area contributed by atoms with Gasteiger partial charge in [-0.3, -0.25) is 4.79 Å². The maximum atomic E-state index is 13.2. The van der Waals surface area contributed by atoms with Crippen LogP contribution in [-0.4, -0.2) is 39.3 Å². The van der Waals surface area contributed by atoms with Gasteiger partial charge in [0.05, 0.1) is 12.2 Å². The first-order valence-electron chi connectivity index (χ1n) is 8.58. The maximum Gasteiger partial charge on any atom is 0.510 e. The predicted molar refractivity (Wildman–Crippen MR) is 101 cm³/mol. The lowest BCUT2D eigenvalue weighted by molar-refractivity contribution is -0.139. The van der Waals surface area contributed by atoms with Crippen LogP contribution >= 0.6 is 11.6 Å². The lowest BCUT2D eigenvalue weighted by Crippen LogP contribution is -2.26. The fourth-order valence-corrected chi connectivity index (χ4v) is 3.85. The van der Waals surface area contributed by atoms with Crippen LogP contribution in [0, 0.1) is 6.92 Å². The Morgan fingerprint density at radius 3 is 2.61 bits per heavy atom. The predicted octanol–water partition coefficient (Wildman–Crippen LogP) is 3.63. The van der Waals surface area contributed by atoms with E-state index < -0.39 is 62.4 Å². The molecule has 0 fully saturated rings. The van der Waals surface area contributed by atoms with Crippen LogP contribution in [0.25, 0.3) is 0 Å². The SMILES string of the molecule is CCOC(=O)OC(C)n1nc(C)o/c1=N/C(=O)c1ccc(C(F)(F)F)c([S+](C)[O-])c1Cl. The molecule has 2 rings (SSSR count). The second kappa shape index (κ2) is 9.75. The molecule has 1 aromatic carbocycles. The fourth-order valence-electron chi connectivity index (χ4n) is 2.42. The summed E-state index contributed by atoms with van der Waals surface area (Å²) in [6, 6.07) is 1.41. The quantitative estimate of drug-likeness (QED) is 0.470. The van der Waals surface area contributed by atoms with Gasteiger partial charge in [-0.15, -0.1) is 5.10 Å². The standard InChI is InChI=1S/C17H17ClF3N3O6S/c1-5-28-16(26)30-9(3)24-15(29-8(2)23-24)22-14(25)10-6-7-11(17(19,20)21)13(12(10)18)31(4)27/h6-7,9H,5H2,1-4H3/b22-15+. The number of aryl methyl sites for hydroxylation is 1. The molecule has 14 heteroatoms. The molecule has 0 saturated carbocycles. The minimum Gasteiger partial charge on any atom is -0.612 e. The highest BCUT2D eigenvalue weighted by atomic mass is 35.5. The first-order valence-corrected chi connectivity index (χ1v) is 10.5. The maximum absolute atomic E-state index is 13.2. The number of amides is 1. The second-order valence-corrected chi connectivity index (χ2v) is 7.62. The van der Waals surface area contributed by atoms with Gasteiger partial charge in [0.1, 0.15) is 16.8 Å². The molecule has 0 aliphatic rings. The Kier molecular flexibility index (Phi) is 7.78. The van der Waals surface area contributed by atoms with Crippen LogP contribution in [0.1, 0.15) is 41.9 Å². The number of nitrogens with zero attached hydrogens (tertiary/aromatic N) is 3. The summed E-state index contributed by atoms with van der Waals surface area (Å²) in [5.74, 6) is -1.03. The third kappa shape index (κ3) is 5.80. The van der Waals surface area contributed by atoms with E-state index in [1.807, 2.05) is 0 Å². The van der Waals surface area contributed by atoms with Crippen molar-refractivity contribution < 1.29 is 41.2 Å². The number of benzene rings is 1. The van der Waals surface area contributed by atoms with Crippen molar-refractivity contribution in [1.82, 2.24) is 9.78 Å². The van der Waals surface area contributed by atoms with E-state index in [1.54, 1.807) is 6.92 Å². The van der Waals surface area contributed by atoms with E-state index in [0.717, 1.165) is 17.0 Å². The van der Waals surface area contributed by atoms with Crippen molar-refractivity contribution in [2.75, 3.05) is 12.9 Å². The van der Waals surface area contributed by atoms with Crippen molar-refractivity contribution in [3.05, 3.63) is 39.9 Å². The molecule has 0 saturated heterocycles. The Hall–Kier alpha value is -2.51. The van der Waals surface area contributed by atoms with Crippen molar-refractivity contribution in [3.63, 3.8) is 0 Å². The normalized spacial score (nSPS) is 14.3. The minimum atomic E-state index is -4.83. The van der Waals surface area contributed by atoms with Crippen molar-refractivity contribution in [1.29, 1.82) is 0 Å². The average molecular weight is 484 g/mol. The molecule has 2 atom stereocenters. The van der Waals surface area contributed by atoms with Crippen molar-refractivity contribution >= 4 is 34.8 Å². The van der Waals surface area contributed by atoms with Gasteiger partial charge in [0.25, 0.3) is 5.91 Å². The van der Waals surface area contributed by atoms with Gasteiger partial charge in [-0.25, -0.2) is 4.79 Å². The van der Waals surface area contributed by atoms with Crippen LogP contribution in [0.5, 0.6) is 0 Å². The van der Waals surface area contributed by atoms with Gasteiger partial charge in [0.2, 0.25) is 12.1 Å². The molecule has 0 bridgehead atoms. The molecule has 0 radical (unpaired) electrons. The highest BCUT2D eigenvalue weighted by Crippen LogP contribution is 2.39. The second-order valence-electron chi connectivity index (χ2n) is 5.92. The molecule has 1 aromatic heterocycles. The molecular weight excluding hydrogens is 467 g/mol. The highest BCUT2D eigenvalue weighted by Gasteiger charge is 2.39. The summed E-state index contributed by atoms with van der Waals surface area (Å²) in [5.41, 5.74) is -2.06. The van der Waals surface area contributed by atoms with E-state index in [-0.39, 0.29) is 12.5 Å². The topological polar surface area (TPSA) is 119 Å². The first-order chi connectivity index (χ1) is 14.4. The van der Waals surface area contributed by atoms with E-state index in [0.29, 0.717) is 6.07 Å². The van der Waals surface area contributed by atoms with Crippen molar-refractivity contribution in [2.24, 2.45) is 4.99 Å². The number of ether oxygens (including phenoxy) is 2. The molecule has 0 aliphatic heterocycles. The number of carbonyl (C=O) groups is 2. The van der Waals surface area contributed by atoms with Crippen LogP contribution in [-0.2, 0) is 26.8 Å². The zero-order valence-electron chi connectivity index (χ0n) is 16.7. The number of hydrogen-bond donors (Lipinski definition) is 0. The first kappa shape index (κ1) is 24.8. The zero-order chi connectivity index (χ0) is 23.5. The largest absolute Gasteiger partial charge is 0.612 e. The van der Waals surface area contributed by atoms with Crippen molar-refractivity contribution in [2.45, 2.75) is 38.1 Å². The van der Waals surface area contributed by atoms with Gasteiger partial charge in [-0.2, -0.15) is 22.8 Å². The Morgan fingerprint density at radius 1 is 1.42 bits per heavy atom. The molecule has 0 N–H and O–H groups in total. The third-order valence-corrected chi connectivity index (χ3v) is 5.18. The van der Waals surface area contributed by atoms with Gasteiger partial charge >= 0.3 is 18.0 Å². The molecule has 0 aliphatic carbocycles. The lowest BCUT2D eigenvalue weighted by atomic mass is 10.1. The van der Waals surface area contributed by atoms with E-state index in [1.165, 1.54) is 13.8 Å². The molecule has 2 unspecified atom stereocenters. The van der Waals surface area contributed by atoms with Crippen LogP contribution in [0.4, 0.5) is 18.0 Å². The van der Waals surface area contributed by atoms with Gasteiger partial charge in [0, 0.05) is 6.92 Å². The van der Waals surface area contributed by atoms with E-state index in [2.05, 4.69) is 14.8 Å². The van der Waals surface area contributed by atoms with Crippen molar-refractivity contribution in [3.8, 4) is 0 Å². The molecule has 1 heterocycles. The smallest absolute Gasteiger partial charge is 0.510 e. The van der Waals surface area contributed by atoms with E-state index in [4.69, 9.17) is 20.8 Å². The van der Waals surface area contributed by atoms with Gasteiger partial charge < -0.3 is 18.4 Å². The molecule has 170 valence electrons. The van der Waals surface area contributed by atoms with Crippen LogP contribution in [0.3, 0.4) is 0 Å². The summed E-state index contributed by atoms with van der Waals surface area (Å²) in [6.07, 6.45) is -5.91. The Morgan fingerprint density at radius 2 is 2.06 bits per heavy atom. The van der Waals surface area contributed by atoms with E-state index >= 15 is 0 Å². The summed E-state index contributed by atoms with van der Waals surface area (Å²) < 4.78 is 67.2. The molecular formula is C17H17ClF3N3O6S. The van der Waals surface area contributed by atoms with Crippen LogP contribution in [0.2, 0.25) is 5.02 Å². The monoisotopic (exact) mass is 483 g/mol. The Balaban J connectivity index is 2.50. The number of alkyl halides is 3. The third-order valence-electron chi connectivity index (χ3n) is 3.67. The molecule has 1 amide bonds. The van der Waals surface area contributed by atoms with Gasteiger partial charge in [0.15, 0.2) is 4.90 Å². The van der Waals surface area contributed by atoms with Crippen LogP contribution < -0.4 is 5.68 Å². The summed E-state index contributed by atoms with van der Waals surface area (Å²) >= 11 is 3.83. The summed E-state index contributed by atoms with van der Waals surface area (Å²) in [7, 11) is 0.